The number of hydrogen-bond acceptors (Lipinski definition) is 5. The second-order valence-corrected chi connectivity index (χ2v) is 8.81. The molecular formula is C20H29N5O2. The summed E-state index contributed by atoms with van der Waals surface area (Å²) in [5.41, 5.74) is 1.66. The molecule has 2 fully saturated rings. The van der Waals surface area contributed by atoms with Gasteiger partial charge in [-0.3, -0.25) is 9.59 Å². The summed E-state index contributed by atoms with van der Waals surface area (Å²) in [5, 5.41) is 2.91. The lowest BCUT2D eigenvalue weighted by molar-refractivity contribution is -0.126. The lowest BCUT2D eigenvalue weighted by Gasteiger charge is -2.40. The second-order valence-electron chi connectivity index (χ2n) is 8.81. The van der Waals surface area contributed by atoms with Crippen LogP contribution in [0.3, 0.4) is 0 Å². The van der Waals surface area contributed by atoms with Crippen LogP contribution in [-0.2, 0) is 17.6 Å². The Hall–Kier alpha value is -2.18. The average Bonchev–Trinajstić information content (AvgIpc) is 2.89. The van der Waals surface area contributed by atoms with E-state index >= 15 is 0 Å². The predicted octanol–water partition coefficient (Wildman–Crippen LogP) is 1.41. The summed E-state index contributed by atoms with van der Waals surface area (Å²) < 4.78 is 0. The van der Waals surface area contributed by atoms with Crippen molar-refractivity contribution in [3.63, 3.8) is 0 Å². The minimum atomic E-state index is -0.0820. The Morgan fingerprint density at radius 2 is 1.93 bits per heavy atom. The van der Waals surface area contributed by atoms with Crippen LogP contribution in [0.2, 0.25) is 0 Å². The van der Waals surface area contributed by atoms with Gasteiger partial charge in [-0.2, -0.15) is 0 Å². The first-order chi connectivity index (χ1) is 12.9. The molecule has 0 radical (unpaired) electrons. The fraction of sp³-hybridized carbons (Fsp3) is 0.700. The number of nitrogens with zero attached hydrogens (tertiary/aromatic N) is 4. The van der Waals surface area contributed by atoms with Crippen LogP contribution < -0.4 is 10.2 Å². The topological polar surface area (TPSA) is 78.4 Å². The van der Waals surface area contributed by atoms with Gasteiger partial charge in [0, 0.05) is 57.0 Å². The van der Waals surface area contributed by atoms with Crippen molar-refractivity contribution in [1.82, 2.24) is 20.2 Å². The minimum absolute atomic E-state index is 0.0820. The van der Waals surface area contributed by atoms with Gasteiger partial charge in [0.15, 0.2) is 0 Å². The molecule has 3 aliphatic heterocycles. The van der Waals surface area contributed by atoms with Crippen LogP contribution in [0.5, 0.6) is 0 Å². The van der Waals surface area contributed by atoms with Crippen molar-refractivity contribution < 1.29 is 9.59 Å². The molecular weight excluding hydrogens is 342 g/mol. The molecule has 7 heteroatoms. The highest BCUT2D eigenvalue weighted by atomic mass is 16.2. The van der Waals surface area contributed by atoms with Gasteiger partial charge < -0.3 is 15.1 Å². The molecule has 27 heavy (non-hydrogen) atoms. The van der Waals surface area contributed by atoms with Crippen LogP contribution in [0.15, 0.2) is 0 Å². The van der Waals surface area contributed by atoms with Crippen molar-refractivity contribution in [1.29, 1.82) is 0 Å². The van der Waals surface area contributed by atoms with Gasteiger partial charge in [0.05, 0.1) is 0 Å². The first-order valence-electron chi connectivity index (χ1n) is 10.0. The molecule has 4 rings (SSSR count). The number of anilines is 1. The molecule has 0 unspecified atom stereocenters. The Morgan fingerprint density at radius 3 is 2.56 bits per heavy atom. The van der Waals surface area contributed by atoms with Gasteiger partial charge in [0.2, 0.25) is 5.91 Å². The van der Waals surface area contributed by atoms with Crippen LogP contribution in [-0.4, -0.2) is 59.9 Å². The molecule has 1 aromatic heterocycles. The van der Waals surface area contributed by atoms with Crippen molar-refractivity contribution in [2.24, 2.45) is 11.3 Å². The van der Waals surface area contributed by atoms with Gasteiger partial charge in [0.25, 0.3) is 5.91 Å². The van der Waals surface area contributed by atoms with E-state index in [2.05, 4.69) is 29.0 Å². The van der Waals surface area contributed by atoms with Crippen molar-refractivity contribution in [3.05, 3.63) is 17.1 Å². The van der Waals surface area contributed by atoms with E-state index in [1.807, 2.05) is 11.9 Å². The summed E-state index contributed by atoms with van der Waals surface area (Å²) in [6, 6.07) is 0. The molecule has 2 amide bonds. The maximum Gasteiger partial charge on any atom is 0.270 e. The summed E-state index contributed by atoms with van der Waals surface area (Å²) in [4.78, 5) is 38.0. The molecule has 0 aromatic carbocycles. The third-order valence-electron chi connectivity index (χ3n) is 6.15. The highest BCUT2D eigenvalue weighted by Crippen LogP contribution is 2.41. The first kappa shape index (κ1) is 18.2. The Bertz CT molecular complexity index is 768. The number of fused-ring (bicyclic) bond motifs is 1. The lowest BCUT2D eigenvalue weighted by Crippen LogP contribution is -2.43. The zero-order valence-corrected chi connectivity index (χ0v) is 16.5. The molecule has 3 aliphatic rings. The molecule has 4 heterocycles. The van der Waals surface area contributed by atoms with Crippen molar-refractivity contribution >= 4 is 17.6 Å². The summed E-state index contributed by atoms with van der Waals surface area (Å²) in [6.07, 6.45) is 4.20. The SMILES string of the molecule is CC(C)Cc1nc2c(c(N3CCC4(CC3)CC(=O)N(C)C4)n1)CCNC2=O. The average molecular weight is 371 g/mol. The fourth-order valence-corrected chi connectivity index (χ4v) is 4.67. The summed E-state index contributed by atoms with van der Waals surface area (Å²) in [7, 11) is 1.90. The second kappa shape index (κ2) is 6.77. The number of hydrogen-bond donors (Lipinski definition) is 1. The molecule has 0 saturated carbocycles. The quantitative estimate of drug-likeness (QED) is 0.869. The van der Waals surface area contributed by atoms with Crippen LogP contribution >= 0.6 is 0 Å². The zero-order chi connectivity index (χ0) is 19.2. The van der Waals surface area contributed by atoms with Crippen LogP contribution in [0.4, 0.5) is 5.82 Å². The highest BCUT2D eigenvalue weighted by Gasteiger charge is 2.44. The maximum atomic E-state index is 12.4. The van der Waals surface area contributed by atoms with E-state index in [-0.39, 0.29) is 17.2 Å². The van der Waals surface area contributed by atoms with E-state index in [4.69, 9.17) is 4.98 Å². The molecule has 7 nitrogen and oxygen atoms in total. The molecule has 146 valence electrons. The lowest BCUT2D eigenvalue weighted by atomic mass is 9.77. The molecule has 1 spiro atoms. The third-order valence-corrected chi connectivity index (χ3v) is 6.15. The Balaban J connectivity index is 1.61. The summed E-state index contributed by atoms with van der Waals surface area (Å²) in [6.45, 7) is 7.55. The summed E-state index contributed by atoms with van der Waals surface area (Å²) >= 11 is 0. The van der Waals surface area contributed by atoms with Gasteiger partial charge in [-0.05, 0) is 25.2 Å². The maximum absolute atomic E-state index is 12.4. The molecule has 0 bridgehead atoms. The Labute approximate surface area is 160 Å². The number of aromatic nitrogens is 2. The van der Waals surface area contributed by atoms with E-state index in [9.17, 15) is 9.59 Å². The Morgan fingerprint density at radius 1 is 1.19 bits per heavy atom. The molecule has 1 aromatic rings. The van der Waals surface area contributed by atoms with Gasteiger partial charge in [0.1, 0.15) is 17.3 Å². The van der Waals surface area contributed by atoms with Crippen molar-refractivity contribution in [2.45, 2.75) is 46.0 Å². The normalized spacial score (nSPS) is 21.8. The number of carbonyl (C=O) groups is 2. The van der Waals surface area contributed by atoms with Gasteiger partial charge >= 0.3 is 0 Å². The fourth-order valence-electron chi connectivity index (χ4n) is 4.67. The number of nitrogens with one attached hydrogen (secondary N) is 1. The highest BCUT2D eigenvalue weighted by molar-refractivity contribution is 5.96. The van der Waals surface area contributed by atoms with Gasteiger partial charge in [-0.25, -0.2) is 9.97 Å². The Kier molecular flexibility index (Phi) is 4.56. The minimum Gasteiger partial charge on any atom is -0.356 e. The van der Waals surface area contributed by atoms with Gasteiger partial charge in [-0.15, -0.1) is 0 Å². The number of rotatable bonds is 3. The molecule has 1 N–H and O–H groups in total. The smallest absolute Gasteiger partial charge is 0.270 e. The van der Waals surface area contributed by atoms with E-state index in [1.165, 1.54) is 0 Å². The van der Waals surface area contributed by atoms with Crippen LogP contribution in [0.25, 0.3) is 0 Å². The van der Waals surface area contributed by atoms with E-state index in [0.717, 1.165) is 62.5 Å². The predicted molar refractivity (Wildman–Crippen MR) is 103 cm³/mol. The number of carbonyl (C=O) groups excluding carboxylic acids is 2. The van der Waals surface area contributed by atoms with Crippen molar-refractivity contribution in [2.75, 3.05) is 38.1 Å². The van der Waals surface area contributed by atoms with E-state index in [1.54, 1.807) is 0 Å². The zero-order valence-electron chi connectivity index (χ0n) is 16.5. The molecule has 2 saturated heterocycles. The molecule has 0 atom stereocenters. The van der Waals surface area contributed by atoms with Crippen LogP contribution in [0, 0.1) is 11.3 Å². The van der Waals surface area contributed by atoms with E-state index < -0.39 is 0 Å². The number of likely N-dealkylation sites (tertiary alicyclic amines) is 1. The van der Waals surface area contributed by atoms with E-state index in [0.29, 0.717) is 24.6 Å². The largest absolute Gasteiger partial charge is 0.356 e. The standard InChI is InChI=1S/C20H29N5O2/c1-13(2)10-15-22-17-14(4-7-21-19(17)27)18(23-15)25-8-5-20(6-9-25)11-16(26)24(3)12-20/h13H,4-12H2,1-3H3,(H,21,27). The summed E-state index contributed by atoms with van der Waals surface area (Å²) in [5.74, 6) is 2.32. The third kappa shape index (κ3) is 3.39. The van der Waals surface area contributed by atoms with Crippen molar-refractivity contribution in [3.8, 4) is 0 Å². The number of amides is 2. The molecule has 0 aliphatic carbocycles. The monoisotopic (exact) mass is 371 g/mol. The number of piperidine rings is 1. The first-order valence-corrected chi connectivity index (χ1v) is 10.0. The van der Waals surface area contributed by atoms with Crippen LogP contribution in [0.1, 0.15) is 55.0 Å². The van der Waals surface area contributed by atoms with Gasteiger partial charge in [-0.1, -0.05) is 13.8 Å².